The number of carbonyl (C=O) groups is 1. The van der Waals surface area contributed by atoms with Crippen LogP contribution in [-0.2, 0) is 0 Å². The van der Waals surface area contributed by atoms with Gasteiger partial charge in [-0.2, -0.15) is 0 Å². The number of fused-ring (bicyclic) bond motifs is 1. The predicted octanol–water partition coefficient (Wildman–Crippen LogP) is 3.56. The zero-order chi connectivity index (χ0) is 17.2. The lowest BCUT2D eigenvalue weighted by atomic mass is 10.1. The molecule has 0 bridgehead atoms. The van der Waals surface area contributed by atoms with Gasteiger partial charge in [0.05, 0.1) is 6.04 Å². The molecular formula is C19H16N2O4. The van der Waals surface area contributed by atoms with Crippen LogP contribution in [0, 0.1) is 0 Å². The van der Waals surface area contributed by atoms with Gasteiger partial charge in [0, 0.05) is 11.6 Å². The van der Waals surface area contributed by atoms with Gasteiger partial charge in [0.1, 0.15) is 0 Å². The molecule has 0 fully saturated rings. The molecule has 1 aromatic heterocycles. The standard InChI is InChI=1S/C19H16N2O4/c1-12(13-5-3-2-4-6-13)20-19(22)15-10-17(25-21-15)14-7-8-16-18(9-14)24-11-23-16/h2-10,12H,11H2,1H3,(H,20,22)/t12-/m1/s1. The van der Waals surface area contributed by atoms with E-state index in [1.54, 1.807) is 18.2 Å². The molecule has 0 saturated carbocycles. The third kappa shape index (κ3) is 3.06. The zero-order valence-corrected chi connectivity index (χ0v) is 13.6. The van der Waals surface area contributed by atoms with E-state index in [0.717, 1.165) is 11.1 Å². The molecule has 6 heteroatoms. The molecule has 1 aliphatic rings. The summed E-state index contributed by atoms with van der Waals surface area (Å²) in [6, 6.07) is 16.7. The molecule has 2 heterocycles. The van der Waals surface area contributed by atoms with Gasteiger partial charge in [-0.3, -0.25) is 4.79 Å². The molecule has 2 aromatic carbocycles. The van der Waals surface area contributed by atoms with Crippen molar-refractivity contribution in [1.29, 1.82) is 0 Å². The third-order valence-electron chi connectivity index (χ3n) is 4.05. The van der Waals surface area contributed by atoms with Crippen LogP contribution in [0.5, 0.6) is 11.5 Å². The smallest absolute Gasteiger partial charge is 0.273 e. The number of ether oxygens (including phenoxy) is 2. The Kier molecular flexibility index (Phi) is 3.85. The molecule has 3 aromatic rings. The van der Waals surface area contributed by atoms with Crippen molar-refractivity contribution < 1.29 is 18.8 Å². The van der Waals surface area contributed by atoms with Crippen molar-refractivity contribution >= 4 is 5.91 Å². The number of nitrogens with one attached hydrogen (secondary N) is 1. The van der Waals surface area contributed by atoms with Gasteiger partial charge in [0.2, 0.25) is 6.79 Å². The Labute approximate surface area is 144 Å². The van der Waals surface area contributed by atoms with Gasteiger partial charge in [-0.05, 0) is 30.7 Å². The van der Waals surface area contributed by atoms with E-state index < -0.39 is 0 Å². The Morgan fingerprint density at radius 2 is 1.88 bits per heavy atom. The molecule has 0 saturated heterocycles. The molecular weight excluding hydrogens is 320 g/mol. The second kappa shape index (κ2) is 6.32. The molecule has 1 amide bonds. The van der Waals surface area contributed by atoms with Crippen molar-refractivity contribution in [2.75, 3.05) is 6.79 Å². The van der Waals surface area contributed by atoms with Crippen molar-refractivity contribution in [2.45, 2.75) is 13.0 Å². The summed E-state index contributed by atoms with van der Waals surface area (Å²) in [7, 11) is 0. The van der Waals surface area contributed by atoms with E-state index in [1.165, 1.54) is 0 Å². The quantitative estimate of drug-likeness (QED) is 0.788. The SMILES string of the molecule is C[C@@H](NC(=O)c1cc(-c2ccc3c(c2)OCO3)on1)c1ccccc1. The molecule has 6 nitrogen and oxygen atoms in total. The van der Waals surface area contributed by atoms with Gasteiger partial charge in [-0.25, -0.2) is 0 Å². The lowest BCUT2D eigenvalue weighted by Crippen LogP contribution is -2.26. The van der Waals surface area contributed by atoms with E-state index in [4.69, 9.17) is 14.0 Å². The number of benzene rings is 2. The summed E-state index contributed by atoms with van der Waals surface area (Å²) in [6.45, 7) is 2.13. The first-order chi connectivity index (χ1) is 12.2. The summed E-state index contributed by atoms with van der Waals surface area (Å²) in [5.41, 5.74) is 2.03. The second-order valence-electron chi connectivity index (χ2n) is 5.75. The van der Waals surface area contributed by atoms with Crippen LogP contribution in [0.4, 0.5) is 0 Å². The molecule has 1 N–H and O–H groups in total. The summed E-state index contributed by atoms with van der Waals surface area (Å²) in [6.07, 6.45) is 0. The fourth-order valence-corrected chi connectivity index (χ4v) is 2.66. The Morgan fingerprint density at radius 1 is 1.08 bits per heavy atom. The van der Waals surface area contributed by atoms with Crippen molar-refractivity contribution in [3.63, 3.8) is 0 Å². The normalized spacial score (nSPS) is 13.5. The van der Waals surface area contributed by atoms with Gasteiger partial charge >= 0.3 is 0 Å². The minimum atomic E-state index is -0.285. The average Bonchev–Trinajstić information content (AvgIpc) is 3.31. The summed E-state index contributed by atoms with van der Waals surface area (Å²) >= 11 is 0. The fourth-order valence-electron chi connectivity index (χ4n) is 2.66. The number of hydrogen-bond acceptors (Lipinski definition) is 5. The molecule has 0 aliphatic carbocycles. The van der Waals surface area contributed by atoms with Crippen LogP contribution in [0.15, 0.2) is 59.1 Å². The van der Waals surface area contributed by atoms with E-state index in [9.17, 15) is 4.79 Å². The number of carbonyl (C=O) groups excluding carboxylic acids is 1. The second-order valence-corrected chi connectivity index (χ2v) is 5.75. The topological polar surface area (TPSA) is 73.6 Å². The lowest BCUT2D eigenvalue weighted by molar-refractivity contribution is 0.0931. The fraction of sp³-hybridized carbons (Fsp3) is 0.158. The number of amides is 1. The highest BCUT2D eigenvalue weighted by atomic mass is 16.7. The molecule has 126 valence electrons. The van der Waals surface area contributed by atoms with E-state index in [2.05, 4.69) is 10.5 Å². The highest BCUT2D eigenvalue weighted by molar-refractivity contribution is 5.93. The van der Waals surface area contributed by atoms with Gasteiger partial charge in [0.15, 0.2) is 23.0 Å². The Morgan fingerprint density at radius 3 is 2.72 bits per heavy atom. The van der Waals surface area contributed by atoms with Crippen LogP contribution in [0.2, 0.25) is 0 Å². The van der Waals surface area contributed by atoms with Crippen molar-refractivity contribution in [2.24, 2.45) is 0 Å². The van der Waals surface area contributed by atoms with Crippen LogP contribution >= 0.6 is 0 Å². The van der Waals surface area contributed by atoms with Gasteiger partial charge in [-0.1, -0.05) is 35.5 Å². The number of nitrogens with zero attached hydrogens (tertiary/aromatic N) is 1. The molecule has 4 rings (SSSR count). The molecule has 0 unspecified atom stereocenters. The summed E-state index contributed by atoms with van der Waals surface area (Å²) in [5, 5.41) is 6.79. The van der Waals surface area contributed by atoms with E-state index in [1.807, 2.05) is 43.3 Å². The third-order valence-corrected chi connectivity index (χ3v) is 4.05. The minimum Gasteiger partial charge on any atom is -0.454 e. The maximum Gasteiger partial charge on any atom is 0.273 e. The lowest BCUT2D eigenvalue weighted by Gasteiger charge is -2.12. The Balaban J connectivity index is 1.50. The summed E-state index contributed by atoms with van der Waals surface area (Å²) in [5.74, 6) is 1.55. The van der Waals surface area contributed by atoms with Crippen LogP contribution < -0.4 is 14.8 Å². The van der Waals surface area contributed by atoms with Gasteiger partial charge < -0.3 is 19.3 Å². The number of aromatic nitrogens is 1. The first kappa shape index (κ1) is 15.3. The van der Waals surface area contributed by atoms with Crippen LogP contribution in [0.3, 0.4) is 0 Å². The average molecular weight is 336 g/mol. The maximum absolute atomic E-state index is 12.4. The monoisotopic (exact) mass is 336 g/mol. The first-order valence-electron chi connectivity index (χ1n) is 7.93. The molecule has 25 heavy (non-hydrogen) atoms. The summed E-state index contributed by atoms with van der Waals surface area (Å²) in [4.78, 5) is 12.4. The minimum absolute atomic E-state index is 0.126. The highest BCUT2D eigenvalue weighted by Crippen LogP contribution is 2.36. The van der Waals surface area contributed by atoms with E-state index in [0.29, 0.717) is 17.3 Å². The van der Waals surface area contributed by atoms with Gasteiger partial charge in [0.25, 0.3) is 5.91 Å². The van der Waals surface area contributed by atoms with Crippen LogP contribution in [0.25, 0.3) is 11.3 Å². The Bertz CT molecular complexity index is 905. The molecule has 0 spiro atoms. The van der Waals surface area contributed by atoms with Crippen molar-refractivity contribution in [3.8, 4) is 22.8 Å². The van der Waals surface area contributed by atoms with E-state index >= 15 is 0 Å². The van der Waals surface area contributed by atoms with Crippen molar-refractivity contribution in [1.82, 2.24) is 10.5 Å². The van der Waals surface area contributed by atoms with Crippen molar-refractivity contribution in [3.05, 3.63) is 65.9 Å². The largest absolute Gasteiger partial charge is 0.454 e. The highest BCUT2D eigenvalue weighted by Gasteiger charge is 2.19. The first-order valence-corrected chi connectivity index (χ1v) is 7.93. The van der Waals surface area contributed by atoms with Gasteiger partial charge in [-0.15, -0.1) is 0 Å². The zero-order valence-electron chi connectivity index (χ0n) is 13.6. The number of hydrogen-bond donors (Lipinski definition) is 1. The van der Waals surface area contributed by atoms with E-state index in [-0.39, 0.29) is 24.4 Å². The predicted molar refractivity (Wildman–Crippen MR) is 90.4 cm³/mol. The molecule has 1 aliphatic heterocycles. The van der Waals surface area contributed by atoms with Crippen LogP contribution in [-0.4, -0.2) is 17.9 Å². The Hall–Kier alpha value is -3.28. The molecule has 0 radical (unpaired) electrons. The maximum atomic E-state index is 12.4. The summed E-state index contributed by atoms with van der Waals surface area (Å²) < 4.78 is 16.0. The molecule has 1 atom stereocenters. The number of rotatable bonds is 4. The van der Waals surface area contributed by atoms with Crippen LogP contribution in [0.1, 0.15) is 29.0 Å².